The number of phenolic OH excluding ortho intramolecular Hbond substituents is 1. The summed E-state index contributed by atoms with van der Waals surface area (Å²) in [7, 11) is 0. The van der Waals surface area contributed by atoms with Gasteiger partial charge in [0.25, 0.3) is 0 Å². The number of aliphatic hydroxyl groups excluding tert-OH is 3. The van der Waals surface area contributed by atoms with Gasteiger partial charge < -0.3 is 25.5 Å². The molecule has 0 heterocycles. The summed E-state index contributed by atoms with van der Waals surface area (Å²) in [5.74, 6) is -7.19. The number of carbonyl (C=O) groups is 3. The number of hydrogen-bond donors (Lipinski definition) is 5. The Morgan fingerprint density at radius 2 is 1.57 bits per heavy atom. The fourth-order valence-electron chi connectivity index (χ4n) is 8.86. The van der Waals surface area contributed by atoms with Crippen molar-refractivity contribution in [1.29, 1.82) is 0 Å². The van der Waals surface area contributed by atoms with Gasteiger partial charge in [0.05, 0.1) is 17.2 Å². The van der Waals surface area contributed by atoms with E-state index in [4.69, 9.17) is 0 Å². The molecule has 0 aromatic heterocycles. The molecule has 46 heavy (non-hydrogen) atoms. The average molecular weight is 625 g/mol. The molecular weight excluding hydrogens is 584 g/mol. The molecular formula is C38H40O8. The first-order chi connectivity index (χ1) is 21.4. The zero-order chi connectivity index (χ0) is 33.8. The van der Waals surface area contributed by atoms with Crippen molar-refractivity contribution < 1.29 is 39.9 Å². The van der Waals surface area contributed by atoms with Crippen LogP contribution in [0.3, 0.4) is 0 Å². The van der Waals surface area contributed by atoms with E-state index in [-0.39, 0.29) is 16.9 Å². The van der Waals surface area contributed by atoms with Gasteiger partial charge in [-0.2, -0.15) is 0 Å². The Labute approximate surface area is 268 Å². The van der Waals surface area contributed by atoms with Crippen molar-refractivity contribution in [1.82, 2.24) is 0 Å². The van der Waals surface area contributed by atoms with E-state index in [1.54, 1.807) is 39.8 Å². The second-order valence-electron chi connectivity index (χ2n) is 14.2. The smallest absolute Gasteiger partial charge is 0.203 e. The second-order valence-corrected chi connectivity index (χ2v) is 14.2. The average Bonchev–Trinajstić information content (AvgIpc) is 3.47. The van der Waals surface area contributed by atoms with Crippen molar-refractivity contribution in [2.24, 2.45) is 22.7 Å². The van der Waals surface area contributed by atoms with Crippen LogP contribution >= 0.6 is 0 Å². The standard InChI is InChI=1S/C38H40O8/c1-17(2)28-31(41)26(20(5)39)33(43)38(46)34(44)29-32(42)27-24(19(4)36(29,6)35(45)37(28,38)7)14-15-25(30(27)40)23-13-12-22(16-23)21-10-8-18(3)9-11-21/h8-15,17,19,28,35,40,42-43,45-46H,16H2,1-7H3/t19-,28?,35-,36+,37+,38+/m1/s1. The molecule has 0 aliphatic heterocycles. The highest BCUT2D eigenvalue weighted by Gasteiger charge is 2.77. The van der Waals surface area contributed by atoms with Crippen molar-refractivity contribution >= 4 is 34.3 Å². The van der Waals surface area contributed by atoms with Crippen LogP contribution in [-0.4, -0.2) is 54.6 Å². The van der Waals surface area contributed by atoms with Gasteiger partial charge in [0, 0.05) is 22.3 Å². The Morgan fingerprint density at radius 3 is 2.15 bits per heavy atom. The molecule has 6 rings (SSSR count). The highest BCUT2D eigenvalue weighted by atomic mass is 16.4. The van der Waals surface area contributed by atoms with Crippen LogP contribution in [0, 0.1) is 29.6 Å². The minimum absolute atomic E-state index is 0.00234. The number of aliphatic hydroxyl groups is 4. The van der Waals surface area contributed by atoms with Crippen LogP contribution in [-0.2, 0) is 14.4 Å². The van der Waals surface area contributed by atoms with E-state index < -0.39 is 74.7 Å². The number of Topliss-reactive ketones (excluding diaryl/α,β-unsaturated/α-hetero) is 3. The number of phenols is 1. The zero-order valence-electron chi connectivity index (χ0n) is 27.1. The van der Waals surface area contributed by atoms with E-state index in [1.807, 2.05) is 43.3 Å². The normalized spacial score (nSPS) is 32.3. The number of benzene rings is 2. The maximum atomic E-state index is 14.7. The zero-order valence-corrected chi connectivity index (χ0v) is 27.1. The first-order valence-electron chi connectivity index (χ1n) is 15.7. The monoisotopic (exact) mass is 624 g/mol. The molecule has 6 atom stereocenters. The molecule has 0 bridgehead atoms. The van der Waals surface area contributed by atoms with Crippen LogP contribution < -0.4 is 0 Å². The molecule has 4 aliphatic carbocycles. The van der Waals surface area contributed by atoms with Crippen LogP contribution in [0.4, 0.5) is 0 Å². The molecule has 0 amide bonds. The largest absolute Gasteiger partial charge is 0.508 e. The minimum Gasteiger partial charge on any atom is -0.508 e. The molecule has 2 aromatic carbocycles. The number of rotatable bonds is 4. The molecule has 240 valence electrons. The topological polar surface area (TPSA) is 152 Å². The lowest BCUT2D eigenvalue weighted by atomic mass is 9.40. The highest BCUT2D eigenvalue weighted by Crippen LogP contribution is 2.67. The van der Waals surface area contributed by atoms with E-state index in [1.165, 1.54) is 6.92 Å². The molecule has 0 radical (unpaired) electrons. The van der Waals surface area contributed by atoms with E-state index in [0.717, 1.165) is 29.2 Å². The summed E-state index contributed by atoms with van der Waals surface area (Å²) in [6.07, 6.45) is 2.74. The number of fused-ring (bicyclic) bond motifs is 3. The summed E-state index contributed by atoms with van der Waals surface area (Å²) in [5.41, 5.74) is -2.55. The summed E-state index contributed by atoms with van der Waals surface area (Å²) < 4.78 is 0. The first-order valence-corrected chi connectivity index (χ1v) is 15.7. The van der Waals surface area contributed by atoms with Crippen molar-refractivity contribution in [3.8, 4) is 5.75 Å². The summed E-state index contributed by atoms with van der Waals surface area (Å²) in [5, 5.41) is 59.7. The van der Waals surface area contributed by atoms with E-state index in [9.17, 15) is 39.9 Å². The predicted octanol–water partition coefficient (Wildman–Crippen LogP) is 5.90. The van der Waals surface area contributed by atoms with Crippen molar-refractivity contribution in [2.45, 2.75) is 72.5 Å². The summed E-state index contributed by atoms with van der Waals surface area (Å²) >= 11 is 0. The van der Waals surface area contributed by atoms with E-state index >= 15 is 0 Å². The highest BCUT2D eigenvalue weighted by molar-refractivity contribution is 6.24. The molecule has 1 saturated carbocycles. The van der Waals surface area contributed by atoms with Gasteiger partial charge in [0.1, 0.15) is 22.8 Å². The lowest BCUT2D eigenvalue weighted by molar-refractivity contribution is -0.215. The Kier molecular flexibility index (Phi) is 6.97. The van der Waals surface area contributed by atoms with E-state index in [0.29, 0.717) is 17.5 Å². The lowest BCUT2D eigenvalue weighted by Crippen LogP contribution is -2.75. The Bertz CT molecular complexity index is 1870. The summed E-state index contributed by atoms with van der Waals surface area (Å²) in [6, 6.07) is 11.6. The molecule has 4 aliphatic rings. The van der Waals surface area contributed by atoms with Crippen molar-refractivity contribution in [3.05, 3.63) is 93.3 Å². The summed E-state index contributed by atoms with van der Waals surface area (Å²) in [4.78, 5) is 41.0. The third kappa shape index (κ3) is 3.71. The van der Waals surface area contributed by atoms with Crippen LogP contribution in [0.2, 0.25) is 0 Å². The quantitative estimate of drug-likeness (QED) is 0.264. The number of allylic oxidation sites excluding steroid dienone is 5. The minimum atomic E-state index is -2.91. The molecule has 8 heteroatoms. The fourth-order valence-corrected chi connectivity index (χ4v) is 8.86. The molecule has 0 spiro atoms. The number of carbonyl (C=O) groups excluding carboxylic acids is 3. The van der Waals surface area contributed by atoms with Crippen LogP contribution in [0.25, 0.3) is 16.9 Å². The van der Waals surface area contributed by atoms with Crippen molar-refractivity contribution in [2.75, 3.05) is 0 Å². The lowest BCUT2D eigenvalue weighted by Gasteiger charge is -2.63. The maximum absolute atomic E-state index is 14.7. The maximum Gasteiger partial charge on any atom is 0.203 e. The summed E-state index contributed by atoms with van der Waals surface area (Å²) in [6.45, 7) is 11.2. The number of aromatic hydroxyl groups is 1. The molecule has 8 nitrogen and oxygen atoms in total. The molecule has 1 fully saturated rings. The van der Waals surface area contributed by atoms with Gasteiger partial charge in [-0.15, -0.1) is 0 Å². The van der Waals surface area contributed by atoms with Crippen molar-refractivity contribution in [3.63, 3.8) is 0 Å². The van der Waals surface area contributed by atoms with Gasteiger partial charge in [-0.05, 0) is 54.4 Å². The first kappa shape index (κ1) is 31.7. The van der Waals surface area contributed by atoms with Crippen LogP contribution in [0.1, 0.15) is 81.7 Å². The third-order valence-electron chi connectivity index (χ3n) is 11.5. The Morgan fingerprint density at radius 1 is 0.957 bits per heavy atom. The SMILES string of the molecule is CC(=O)C1=C(O)[C@]2(O)C(=O)C3=C(O)c4c(ccc(C5=CC=C(c6ccc(C)cc6)C5)c4O)[C@@H](C)[C@]3(C)[C@@H](O)[C@]2(C)C(C(C)C)C1=O. The van der Waals surface area contributed by atoms with Gasteiger partial charge in [-0.1, -0.05) is 88.7 Å². The van der Waals surface area contributed by atoms with Gasteiger partial charge in [-0.3, -0.25) is 14.4 Å². The Balaban J connectivity index is 1.54. The van der Waals surface area contributed by atoms with Crippen LogP contribution in [0.5, 0.6) is 5.75 Å². The number of aryl methyl sites for hydroxylation is 1. The molecule has 2 aromatic rings. The third-order valence-corrected chi connectivity index (χ3v) is 11.5. The molecule has 1 unspecified atom stereocenters. The number of hydrogen-bond acceptors (Lipinski definition) is 8. The number of ketones is 3. The van der Waals surface area contributed by atoms with Crippen LogP contribution in [0.15, 0.2) is 65.5 Å². The molecule has 5 N–H and O–H groups in total. The predicted molar refractivity (Wildman–Crippen MR) is 174 cm³/mol. The van der Waals surface area contributed by atoms with Gasteiger partial charge in [0.2, 0.25) is 5.78 Å². The van der Waals surface area contributed by atoms with Gasteiger partial charge in [0.15, 0.2) is 17.2 Å². The van der Waals surface area contributed by atoms with Gasteiger partial charge in [-0.25, -0.2) is 0 Å². The van der Waals surface area contributed by atoms with E-state index in [2.05, 4.69) is 0 Å². The van der Waals surface area contributed by atoms with Gasteiger partial charge >= 0.3 is 0 Å². The fraction of sp³-hybridized carbons (Fsp3) is 0.395. The Hall–Kier alpha value is -4.27. The molecule has 0 saturated heterocycles. The second kappa shape index (κ2) is 10.1.